The molecule has 304 valence electrons. The van der Waals surface area contributed by atoms with E-state index in [1.54, 1.807) is 0 Å². The molecule has 12 rings (SSSR count). The number of thiophene rings is 1. The quantitative estimate of drug-likeness (QED) is 0.159. The third-order valence-corrected chi connectivity index (χ3v) is 14.5. The fourth-order valence-electron chi connectivity index (χ4n) is 10.4. The fourth-order valence-corrected chi connectivity index (χ4v) is 11.5. The molecule has 0 bridgehead atoms. The maximum absolute atomic E-state index is 6.87. The second-order valence-corrected chi connectivity index (χ2v) is 19.3. The number of para-hydroxylation sites is 2. The van der Waals surface area contributed by atoms with Crippen LogP contribution in [-0.2, 0) is 11.8 Å². The van der Waals surface area contributed by atoms with Crippen molar-refractivity contribution in [1.29, 1.82) is 0 Å². The number of ether oxygens (including phenoxy) is 1. The van der Waals surface area contributed by atoms with E-state index in [0.717, 1.165) is 46.3 Å². The van der Waals surface area contributed by atoms with Crippen LogP contribution in [0.1, 0.15) is 44.4 Å². The van der Waals surface area contributed by atoms with Gasteiger partial charge in [0, 0.05) is 60.2 Å². The molecule has 0 fully saturated rings. The fraction of sp³-hybridized carbons (Fsp3) is 0.119. The number of nitrogens with zero attached hydrogens (tertiary/aromatic N) is 2. The summed E-state index contributed by atoms with van der Waals surface area (Å²) < 4.78 is 11.9. The molecule has 0 amide bonds. The van der Waals surface area contributed by atoms with Crippen LogP contribution < -0.4 is 9.64 Å². The van der Waals surface area contributed by atoms with Gasteiger partial charge in [0.15, 0.2) is 0 Å². The monoisotopic (exact) mass is 830 g/mol. The van der Waals surface area contributed by atoms with Crippen molar-refractivity contribution in [3.05, 3.63) is 211 Å². The lowest BCUT2D eigenvalue weighted by molar-refractivity contribution is 0.139. The van der Waals surface area contributed by atoms with E-state index >= 15 is 0 Å². The lowest BCUT2D eigenvalue weighted by Gasteiger charge is -2.30. The largest absolute Gasteiger partial charge is 0.487 e. The smallest absolute Gasteiger partial charge is 0.131 e. The van der Waals surface area contributed by atoms with Crippen LogP contribution in [0.15, 0.2) is 194 Å². The van der Waals surface area contributed by atoms with Crippen molar-refractivity contribution in [3.8, 4) is 56.1 Å². The Morgan fingerprint density at radius 2 is 1.19 bits per heavy atom. The highest BCUT2D eigenvalue weighted by Gasteiger charge is 2.40. The Morgan fingerprint density at radius 1 is 0.508 bits per heavy atom. The molecule has 0 spiro atoms. The van der Waals surface area contributed by atoms with Gasteiger partial charge in [-0.05, 0) is 119 Å². The minimum Gasteiger partial charge on any atom is -0.487 e. The molecular formula is C59H46N2OS. The van der Waals surface area contributed by atoms with Gasteiger partial charge in [-0.2, -0.15) is 0 Å². The van der Waals surface area contributed by atoms with Gasteiger partial charge in [0.05, 0.1) is 5.69 Å². The molecule has 0 saturated heterocycles. The Bertz CT molecular complexity index is 3390. The van der Waals surface area contributed by atoms with Gasteiger partial charge in [0.1, 0.15) is 17.2 Å². The zero-order valence-corrected chi connectivity index (χ0v) is 36.7. The first-order valence-electron chi connectivity index (χ1n) is 22.0. The van der Waals surface area contributed by atoms with Gasteiger partial charge < -0.3 is 4.74 Å². The number of rotatable bonds is 7. The zero-order chi connectivity index (χ0) is 42.5. The van der Waals surface area contributed by atoms with Crippen LogP contribution in [0.5, 0.6) is 5.75 Å². The molecule has 1 aliphatic heterocycles. The number of fused-ring (bicyclic) bond motifs is 7. The standard InChI is InChI=1S/C59H46N2OS/c1-58(2)37-41-18-15-23-47(57(41)62-58)49-35-44(36-51-56(49)48-22-11-13-24-50(48)59(51,3)4)60(43-29-26-39(27-30-43)38-16-7-5-8-17-38)55-33-32-52(61(55)42-19-9-6-10-20-42)40-28-31-46-45-21-12-14-25-53(45)63-54(46)34-40/h5-36H,37H2,1-4H3. The normalized spacial score (nSPS) is 14.3. The average molecular weight is 831 g/mol. The maximum atomic E-state index is 6.87. The summed E-state index contributed by atoms with van der Waals surface area (Å²) in [4.78, 5) is 2.47. The van der Waals surface area contributed by atoms with Gasteiger partial charge in [-0.25, -0.2) is 0 Å². The molecule has 0 unspecified atom stereocenters. The number of anilines is 3. The molecule has 1 aliphatic carbocycles. The summed E-state index contributed by atoms with van der Waals surface area (Å²) in [5, 5.41) is 2.61. The highest BCUT2D eigenvalue weighted by atomic mass is 32.1. The van der Waals surface area contributed by atoms with Crippen LogP contribution in [0, 0.1) is 0 Å². The van der Waals surface area contributed by atoms with Crippen molar-refractivity contribution in [2.24, 2.45) is 0 Å². The van der Waals surface area contributed by atoms with E-state index in [1.807, 2.05) is 11.3 Å². The topological polar surface area (TPSA) is 17.4 Å². The van der Waals surface area contributed by atoms with Gasteiger partial charge in [0.25, 0.3) is 0 Å². The summed E-state index contributed by atoms with van der Waals surface area (Å²) >= 11 is 1.86. The molecule has 0 saturated carbocycles. The van der Waals surface area contributed by atoms with Crippen LogP contribution in [0.25, 0.3) is 70.5 Å². The predicted molar refractivity (Wildman–Crippen MR) is 266 cm³/mol. The molecule has 10 aromatic rings. The minimum atomic E-state index is -0.283. The van der Waals surface area contributed by atoms with E-state index in [1.165, 1.54) is 70.2 Å². The summed E-state index contributed by atoms with van der Waals surface area (Å²) in [6.45, 7) is 9.16. The lowest BCUT2D eigenvalue weighted by atomic mass is 9.81. The molecule has 3 heterocycles. The van der Waals surface area contributed by atoms with Crippen molar-refractivity contribution < 1.29 is 4.74 Å². The highest BCUT2D eigenvalue weighted by Crippen LogP contribution is 2.57. The lowest BCUT2D eigenvalue weighted by Crippen LogP contribution is -2.24. The Labute approximate surface area is 373 Å². The molecule has 0 N–H and O–H groups in total. The van der Waals surface area contributed by atoms with E-state index in [9.17, 15) is 0 Å². The van der Waals surface area contributed by atoms with Gasteiger partial charge in [-0.1, -0.05) is 147 Å². The SMILES string of the molecule is CC1(C)Cc2cccc(-c3cc(N(c4ccc(-c5ccccc5)cc4)c4ccc(-c5ccc6c(c5)sc5ccccc56)n4-c4ccccc4)cc4c3-c3ccccc3C4(C)C)c2O1. The first kappa shape index (κ1) is 37.6. The van der Waals surface area contributed by atoms with E-state index in [-0.39, 0.29) is 11.0 Å². The highest BCUT2D eigenvalue weighted by molar-refractivity contribution is 7.25. The molecule has 8 aromatic carbocycles. The summed E-state index contributed by atoms with van der Waals surface area (Å²) in [5.74, 6) is 2.05. The molecule has 0 radical (unpaired) electrons. The van der Waals surface area contributed by atoms with Crippen molar-refractivity contribution in [2.45, 2.75) is 45.1 Å². The molecule has 4 heteroatoms. The summed E-state index contributed by atoms with van der Waals surface area (Å²) in [7, 11) is 0. The third kappa shape index (κ3) is 6.07. The second kappa shape index (κ2) is 14.2. The summed E-state index contributed by atoms with van der Waals surface area (Å²) in [6, 6.07) is 71.5. The summed E-state index contributed by atoms with van der Waals surface area (Å²) in [6.07, 6.45) is 0.876. The molecule has 0 atom stereocenters. The Kier molecular flexibility index (Phi) is 8.48. The van der Waals surface area contributed by atoms with Crippen LogP contribution in [0.2, 0.25) is 0 Å². The van der Waals surface area contributed by atoms with Gasteiger partial charge in [-0.15, -0.1) is 11.3 Å². The van der Waals surface area contributed by atoms with Crippen molar-refractivity contribution in [1.82, 2.24) is 4.57 Å². The van der Waals surface area contributed by atoms with Gasteiger partial charge >= 0.3 is 0 Å². The van der Waals surface area contributed by atoms with E-state index in [4.69, 9.17) is 4.74 Å². The van der Waals surface area contributed by atoms with Crippen molar-refractivity contribution >= 4 is 48.7 Å². The van der Waals surface area contributed by atoms with Gasteiger partial charge in [0.2, 0.25) is 0 Å². The zero-order valence-electron chi connectivity index (χ0n) is 35.9. The van der Waals surface area contributed by atoms with Crippen LogP contribution in [0.4, 0.5) is 17.2 Å². The third-order valence-electron chi connectivity index (χ3n) is 13.3. The predicted octanol–water partition coefficient (Wildman–Crippen LogP) is 16.3. The molecule has 2 aromatic heterocycles. The molecule has 63 heavy (non-hydrogen) atoms. The second-order valence-electron chi connectivity index (χ2n) is 18.2. The first-order chi connectivity index (χ1) is 30.7. The van der Waals surface area contributed by atoms with Crippen LogP contribution in [-0.4, -0.2) is 10.2 Å². The van der Waals surface area contributed by atoms with E-state index in [2.05, 4.69) is 231 Å². The summed E-state index contributed by atoms with van der Waals surface area (Å²) in [5.41, 5.74) is 16.2. The number of aromatic nitrogens is 1. The average Bonchev–Trinajstić information content (AvgIpc) is 4.06. The molecule has 3 nitrogen and oxygen atoms in total. The Hall–Kier alpha value is -7.14. The Balaban J connectivity index is 1.13. The molecular weight excluding hydrogens is 785 g/mol. The Morgan fingerprint density at radius 3 is 2.02 bits per heavy atom. The first-order valence-corrected chi connectivity index (χ1v) is 22.8. The number of hydrogen-bond acceptors (Lipinski definition) is 3. The van der Waals surface area contributed by atoms with Crippen LogP contribution >= 0.6 is 11.3 Å². The van der Waals surface area contributed by atoms with E-state index in [0.29, 0.717) is 0 Å². The number of hydrogen-bond donors (Lipinski definition) is 0. The van der Waals surface area contributed by atoms with E-state index < -0.39 is 0 Å². The van der Waals surface area contributed by atoms with Crippen molar-refractivity contribution in [2.75, 3.05) is 4.90 Å². The molecule has 2 aliphatic rings. The van der Waals surface area contributed by atoms with Crippen molar-refractivity contribution in [3.63, 3.8) is 0 Å². The maximum Gasteiger partial charge on any atom is 0.131 e. The van der Waals surface area contributed by atoms with Gasteiger partial charge in [-0.3, -0.25) is 9.47 Å². The van der Waals surface area contributed by atoms with Crippen LogP contribution in [0.3, 0.4) is 0 Å². The number of benzene rings is 8. The minimum absolute atomic E-state index is 0.246.